The molecule has 0 aliphatic heterocycles. The first-order chi connectivity index (χ1) is 15.1. The number of methoxy groups -OCH3 is 1. The first kappa shape index (κ1) is 20.3. The molecule has 0 saturated heterocycles. The van der Waals surface area contributed by atoms with Crippen LogP contribution in [0.2, 0.25) is 0 Å². The second kappa shape index (κ2) is 9.22. The van der Waals surface area contributed by atoms with Gasteiger partial charge in [-0.3, -0.25) is 0 Å². The lowest BCUT2D eigenvalue weighted by Crippen LogP contribution is -2.33. The minimum atomic E-state index is -0.906. The Morgan fingerprint density at radius 2 is 1.13 bits per heavy atom. The predicted molar refractivity (Wildman–Crippen MR) is 117 cm³/mol. The molecule has 1 N–H and O–H groups in total. The van der Waals surface area contributed by atoms with Gasteiger partial charge in [0.25, 0.3) is 0 Å². The van der Waals surface area contributed by atoms with Gasteiger partial charge in [0.15, 0.2) is 37.9 Å². The number of aromatic carboxylic acids is 1. The van der Waals surface area contributed by atoms with E-state index >= 15 is 0 Å². The Labute approximate surface area is 181 Å². The highest BCUT2D eigenvalue weighted by Gasteiger charge is 2.08. The molecule has 0 aliphatic carbocycles. The molecule has 4 aromatic rings. The standard InChI is InChI=1S/C26H23N2O3/c1-31-25-8-4-21(5-9-25)19-28-16-12-23(13-17-28)22-10-14-27(15-11-22)18-20-2-6-24(7-3-20)26(29)30/h2-17H,18-19H2,1H3/q+1/p+1. The third-order valence-corrected chi connectivity index (χ3v) is 5.21. The number of hydrogen-bond donors (Lipinski definition) is 1. The number of carboxylic acid groups (broad SMARTS) is 1. The van der Waals surface area contributed by atoms with E-state index in [0.717, 1.165) is 29.0 Å². The number of aromatic nitrogens is 2. The second-order valence-corrected chi connectivity index (χ2v) is 7.37. The predicted octanol–water partition coefficient (Wildman–Crippen LogP) is 3.73. The van der Waals surface area contributed by atoms with Crippen LogP contribution in [0.1, 0.15) is 21.5 Å². The van der Waals surface area contributed by atoms with Gasteiger partial charge in [0, 0.05) is 35.4 Å². The molecule has 0 saturated carbocycles. The van der Waals surface area contributed by atoms with Crippen LogP contribution in [-0.2, 0) is 13.1 Å². The van der Waals surface area contributed by atoms with Crippen LogP contribution in [0, 0.1) is 0 Å². The molecule has 0 fully saturated rings. The van der Waals surface area contributed by atoms with E-state index in [0.29, 0.717) is 12.1 Å². The normalized spacial score (nSPS) is 10.6. The molecule has 0 spiro atoms. The largest absolute Gasteiger partial charge is 0.497 e. The zero-order valence-corrected chi connectivity index (χ0v) is 17.3. The molecule has 0 atom stereocenters. The number of nitrogens with zero attached hydrogens (tertiary/aromatic N) is 2. The average Bonchev–Trinajstić information content (AvgIpc) is 2.81. The maximum absolute atomic E-state index is 11.0. The number of hydrogen-bond acceptors (Lipinski definition) is 2. The molecule has 2 aromatic heterocycles. The minimum absolute atomic E-state index is 0.303. The van der Waals surface area contributed by atoms with Gasteiger partial charge in [-0.25, -0.2) is 13.9 Å². The van der Waals surface area contributed by atoms with Crippen molar-refractivity contribution in [2.24, 2.45) is 0 Å². The van der Waals surface area contributed by atoms with Crippen molar-refractivity contribution < 1.29 is 23.8 Å². The molecule has 0 radical (unpaired) electrons. The molecule has 154 valence electrons. The maximum atomic E-state index is 11.0. The number of rotatable bonds is 7. The number of ether oxygens (including phenoxy) is 1. The van der Waals surface area contributed by atoms with Crippen LogP contribution < -0.4 is 13.9 Å². The summed E-state index contributed by atoms with van der Waals surface area (Å²) in [7, 11) is 1.67. The van der Waals surface area contributed by atoms with Crippen molar-refractivity contribution in [2.75, 3.05) is 7.11 Å². The zero-order chi connectivity index (χ0) is 21.6. The first-order valence-electron chi connectivity index (χ1n) is 10.0. The molecular formula is C26H24N2O3+2. The molecule has 2 aromatic carbocycles. The Morgan fingerprint density at radius 1 is 0.710 bits per heavy atom. The highest BCUT2D eigenvalue weighted by molar-refractivity contribution is 5.87. The molecule has 0 bridgehead atoms. The summed E-state index contributed by atoms with van der Waals surface area (Å²) in [5.41, 5.74) is 4.88. The van der Waals surface area contributed by atoms with Gasteiger partial charge in [0.05, 0.1) is 12.7 Å². The summed E-state index contributed by atoms with van der Waals surface area (Å²) in [4.78, 5) is 11.0. The Kier molecular flexibility index (Phi) is 6.03. The average molecular weight is 412 g/mol. The van der Waals surface area contributed by atoms with Crippen LogP contribution in [0.5, 0.6) is 5.75 Å². The van der Waals surface area contributed by atoms with Crippen molar-refractivity contribution in [3.8, 4) is 16.9 Å². The van der Waals surface area contributed by atoms with Crippen LogP contribution in [0.4, 0.5) is 0 Å². The van der Waals surface area contributed by atoms with Crippen molar-refractivity contribution in [1.29, 1.82) is 0 Å². The van der Waals surface area contributed by atoms with Crippen molar-refractivity contribution in [1.82, 2.24) is 0 Å². The van der Waals surface area contributed by atoms with Crippen LogP contribution in [-0.4, -0.2) is 18.2 Å². The zero-order valence-electron chi connectivity index (χ0n) is 17.3. The van der Waals surface area contributed by atoms with E-state index in [1.54, 1.807) is 19.2 Å². The lowest BCUT2D eigenvalue weighted by molar-refractivity contribution is -0.688. The number of carboxylic acids is 1. The number of benzene rings is 2. The van der Waals surface area contributed by atoms with E-state index in [1.165, 1.54) is 5.56 Å². The molecule has 5 nitrogen and oxygen atoms in total. The molecule has 0 aliphatic rings. The number of pyridine rings is 2. The summed E-state index contributed by atoms with van der Waals surface area (Å²) in [6, 6.07) is 23.5. The van der Waals surface area contributed by atoms with Crippen LogP contribution in [0.15, 0.2) is 97.6 Å². The molecule has 2 heterocycles. The lowest BCUT2D eigenvalue weighted by Gasteiger charge is -2.03. The topological polar surface area (TPSA) is 54.3 Å². The van der Waals surface area contributed by atoms with Crippen LogP contribution >= 0.6 is 0 Å². The third-order valence-electron chi connectivity index (χ3n) is 5.21. The monoisotopic (exact) mass is 412 g/mol. The SMILES string of the molecule is COc1ccc(C[n+]2ccc(-c3cc[n+](Cc4ccc(C(=O)O)cc4)cc3)cc2)cc1. The molecule has 4 rings (SSSR count). The van der Waals surface area contributed by atoms with Crippen molar-refractivity contribution in [3.05, 3.63) is 114 Å². The highest BCUT2D eigenvalue weighted by atomic mass is 16.5. The van der Waals surface area contributed by atoms with Gasteiger partial charge in [0.2, 0.25) is 0 Å². The Morgan fingerprint density at radius 3 is 1.52 bits per heavy atom. The summed E-state index contributed by atoms with van der Waals surface area (Å²) in [5, 5.41) is 9.00. The van der Waals surface area contributed by atoms with Gasteiger partial charge in [-0.05, 0) is 47.5 Å². The van der Waals surface area contributed by atoms with E-state index < -0.39 is 5.97 Å². The second-order valence-electron chi connectivity index (χ2n) is 7.37. The summed E-state index contributed by atoms with van der Waals surface area (Å²) in [6.45, 7) is 1.50. The fourth-order valence-electron chi connectivity index (χ4n) is 3.42. The first-order valence-corrected chi connectivity index (χ1v) is 10.0. The smallest absolute Gasteiger partial charge is 0.335 e. The molecule has 0 unspecified atom stereocenters. The molecular weight excluding hydrogens is 388 g/mol. The van der Waals surface area contributed by atoms with Gasteiger partial charge in [-0.15, -0.1) is 0 Å². The van der Waals surface area contributed by atoms with E-state index in [9.17, 15) is 4.79 Å². The Hall–Kier alpha value is -3.99. The minimum Gasteiger partial charge on any atom is -0.497 e. The Bertz CT molecular complexity index is 1150. The highest BCUT2D eigenvalue weighted by Crippen LogP contribution is 2.16. The van der Waals surface area contributed by atoms with E-state index in [1.807, 2.05) is 36.7 Å². The third kappa shape index (κ3) is 5.14. The van der Waals surface area contributed by atoms with Gasteiger partial charge in [0.1, 0.15) is 5.75 Å². The maximum Gasteiger partial charge on any atom is 0.335 e. The fraction of sp³-hybridized carbons (Fsp3) is 0.115. The van der Waals surface area contributed by atoms with Crippen LogP contribution in [0.3, 0.4) is 0 Å². The fourth-order valence-corrected chi connectivity index (χ4v) is 3.42. The van der Waals surface area contributed by atoms with Gasteiger partial charge in [-0.1, -0.05) is 12.1 Å². The molecule has 5 heteroatoms. The van der Waals surface area contributed by atoms with E-state index in [4.69, 9.17) is 9.84 Å². The lowest BCUT2D eigenvalue weighted by atomic mass is 10.1. The van der Waals surface area contributed by atoms with E-state index in [2.05, 4.69) is 57.9 Å². The quantitative estimate of drug-likeness (QED) is 0.471. The summed E-state index contributed by atoms with van der Waals surface area (Å²) < 4.78 is 9.43. The van der Waals surface area contributed by atoms with Crippen LogP contribution in [0.25, 0.3) is 11.1 Å². The molecule has 0 amide bonds. The van der Waals surface area contributed by atoms with Crippen molar-refractivity contribution in [3.63, 3.8) is 0 Å². The number of carbonyl (C=O) groups is 1. The van der Waals surface area contributed by atoms with Gasteiger partial charge >= 0.3 is 5.97 Å². The Balaban J connectivity index is 1.40. The molecule has 31 heavy (non-hydrogen) atoms. The van der Waals surface area contributed by atoms with Gasteiger partial charge < -0.3 is 9.84 Å². The van der Waals surface area contributed by atoms with Crippen molar-refractivity contribution in [2.45, 2.75) is 13.1 Å². The van der Waals surface area contributed by atoms with Crippen molar-refractivity contribution >= 4 is 5.97 Å². The van der Waals surface area contributed by atoms with E-state index in [-0.39, 0.29) is 0 Å². The summed E-state index contributed by atoms with van der Waals surface area (Å²) in [5.74, 6) is -0.0422. The van der Waals surface area contributed by atoms with Gasteiger partial charge in [-0.2, -0.15) is 0 Å². The summed E-state index contributed by atoms with van der Waals surface area (Å²) in [6.07, 6.45) is 8.26. The summed E-state index contributed by atoms with van der Waals surface area (Å²) >= 11 is 0.